The summed E-state index contributed by atoms with van der Waals surface area (Å²) in [6.45, 7) is 0.566. The molecular weight excluding hydrogens is 372 g/mol. The predicted molar refractivity (Wildman–Crippen MR) is 109 cm³/mol. The van der Waals surface area contributed by atoms with Crippen LogP contribution in [0.1, 0.15) is 44.1 Å². The van der Waals surface area contributed by atoms with Crippen molar-refractivity contribution in [2.45, 2.75) is 57.2 Å². The largest absolute Gasteiger partial charge is 0.379 e. The maximum Gasteiger partial charge on any atom is 0.239 e. The fourth-order valence-corrected chi connectivity index (χ4v) is 3.54. The van der Waals surface area contributed by atoms with Crippen molar-refractivity contribution in [3.05, 3.63) is 35.9 Å². The number of hydrogen-bond acceptors (Lipinski definition) is 5. The van der Waals surface area contributed by atoms with Gasteiger partial charge < -0.3 is 21.5 Å². The molecule has 0 radical (unpaired) electrons. The molecule has 0 bridgehead atoms. The fourth-order valence-electron chi connectivity index (χ4n) is 3.54. The van der Waals surface area contributed by atoms with Gasteiger partial charge in [-0.1, -0.05) is 43.2 Å². The van der Waals surface area contributed by atoms with Crippen LogP contribution in [0.25, 0.3) is 0 Å². The van der Waals surface area contributed by atoms with Crippen LogP contribution in [0.15, 0.2) is 30.3 Å². The highest BCUT2D eigenvalue weighted by molar-refractivity contribution is 5.84. The smallest absolute Gasteiger partial charge is 0.239 e. The lowest BCUT2D eigenvalue weighted by atomic mass is 9.92. The molecule has 3 amide bonds. The Bertz CT molecular complexity index is 668. The first kappa shape index (κ1) is 22.8. The van der Waals surface area contributed by atoms with E-state index in [1.54, 1.807) is 0 Å². The van der Waals surface area contributed by atoms with Crippen LogP contribution in [-0.2, 0) is 20.8 Å². The molecule has 0 saturated carbocycles. The monoisotopic (exact) mass is 404 g/mol. The lowest BCUT2D eigenvalue weighted by molar-refractivity contribution is -0.126. The molecule has 0 spiro atoms. The molecule has 1 saturated heterocycles. The molecule has 0 aromatic heterocycles. The average molecular weight is 405 g/mol. The fraction of sp³-hybridized carbons (Fsp3) is 0.571. The summed E-state index contributed by atoms with van der Waals surface area (Å²) in [5.74, 6) is -0.733. The summed E-state index contributed by atoms with van der Waals surface area (Å²) in [7, 11) is 0. The first-order chi connectivity index (χ1) is 13.9. The highest BCUT2D eigenvalue weighted by Gasteiger charge is 2.22. The van der Waals surface area contributed by atoms with Crippen molar-refractivity contribution >= 4 is 17.7 Å². The van der Waals surface area contributed by atoms with Gasteiger partial charge in [-0.2, -0.15) is 0 Å². The number of hydrogen-bond donors (Lipinski definition) is 5. The normalized spacial score (nSPS) is 21.1. The third-order valence-corrected chi connectivity index (χ3v) is 5.16. The third kappa shape index (κ3) is 9.06. The number of amides is 3. The first-order valence-electron chi connectivity index (χ1n) is 10.2. The molecule has 160 valence electrons. The Labute approximate surface area is 171 Å². The number of carbonyl (C=O) groups excluding carboxylic acids is 3. The second-order valence-electron chi connectivity index (χ2n) is 7.59. The van der Waals surface area contributed by atoms with E-state index in [2.05, 4.69) is 16.0 Å². The Morgan fingerprint density at radius 2 is 1.90 bits per heavy atom. The van der Waals surface area contributed by atoms with Gasteiger partial charge in [-0.25, -0.2) is 0 Å². The number of nitrogens with two attached hydrogens (primary N) is 1. The van der Waals surface area contributed by atoms with Crippen molar-refractivity contribution in [3.63, 3.8) is 0 Å². The molecule has 1 aromatic rings. The number of primary amides is 1. The van der Waals surface area contributed by atoms with Crippen LogP contribution in [0.5, 0.6) is 0 Å². The van der Waals surface area contributed by atoms with Crippen molar-refractivity contribution in [2.24, 2.45) is 11.7 Å². The summed E-state index contributed by atoms with van der Waals surface area (Å²) in [6, 6.07) is 8.83. The van der Waals surface area contributed by atoms with Crippen LogP contribution in [0, 0.1) is 5.92 Å². The van der Waals surface area contributed by atoms with E-state index in [-0.39, 0.29) is 24.3 Å². The van der Waals surface area contributed by atoms with Gasteiger partial charge in [0.05, 0.1) is 12.6 Å². The zero-order chi connectivity index (χ0) is 21.1. The van der Waals surface area contributed by atoms with Crippen molar-refractivity contribution in [3.8, 4) is 0 Å². The third-order valence-electron chi connectivity index (χ3n) is 5.16. The number of benzene rings is 1. The molecule has 29 heavy (non-hydrogen) atoms. The Morgan fingerprint density at radius 1 is 1.14 bits per heavy atom. The van der Waals surface area contributed by atoms with Gasteiger partial charge in [-0.05, 0) is 37.2 Å². The van der Waals surface area contributed by atoms with Gasteiger partial charge in [0, 0.05) is 13.0 Å². The van der Waals surface area contributed by atoms with Gasteiger partial charge >= 0.3 is 0 Å². The molecule has 8 nitrogen and oxygen atoms in total. The molecule has 1 aliphatic heterocycles. The summed E-state index contributed by atoms with van der Waals surface area (Å²) in [5.41, 5.74) is 6.47. The Balaban J connectivity index is 1.89. The second kappa shape index (κ2) is 12.2. The van der Waals surface area contributed by atoms with Gasteiger partial charge in [0.15, 0.2) is 0 Å². The van der Waals surface area contributed by atoms with E-state index >= 15 is 0 Å². The second-order valence-corrected chi connectivity index (χ2v) is 7.59. The Hall–Kier alpha value is -2.45. The first-order valence-corrected chi connectivity index (χ1v) is 10.2. The molecule has 0 aliphatic carbocycles. The highest BCUT2D eigenvalue weighted by atomic mass is 16.3. The van der Waals surface area contributed by atoms with E-state index in [1.807, 2.05) is 30.3 Å². The van der Waals surface area contributed by atoms with Crippen molar-refractivity contribution in [1.29, 1.82) is 0 Å². The lowest BCUT2D eigenvalue weighted by Crippen LogP contribution is -2.48. The molecule has 2 unspecified atom stereocenters. The molecule has 1 aliphatic rings. The quantitative estimate of drug-likeness (QED) is 0.414. The van der Waals surface area contributed by atoms with E-state index in [9.17, 15) is 19.5 Å². The molecule has 2 rings (SSSR count). The van der Waals surface area contributed by atoms with Gasteiger partial charge in [-0.3, -0.25) is 19.7 Å². The van der Waals surface area contributed by atoms with Crippen LogP contribution >= 0.6 is 0 Å². The Morgan fingerprint density at radius 3 is 2.62 bits per heavy atom. The maximum atomic E-state index is 11.9. The van der Waals surface area contributed by atoms with E-state index < -0.39 is 18.2 Å². The van der Waals surface area contributed by atoms with Crippen LogP contribution in [0.2, 0.25) is 0 Å². The van der Waals surface area contributed by atoms with E-state index in [0.29, 0.717) is 32.2 Å². The van der Waals surface area contributed by atoms with Gasteiger partial charge in [-0.15, -0.1) is 0 Å². The van der Waals surface area contributed by atoms with Gasteiger partial charge in [0.2, 0.25) is 17.7 Å². The molecule has 6 N–H and O–H groups in total. The van der Waals surface area contributed by atoms with E-state index in [0.717, 1.165) is 24.8 Å². The molecule has 1 fully saturated rings. The van der Waals surface area contributed by atoms with Crippen LogP contribution in [-0.4, -0.2) is 48.2 Å². The van der Waals surface area contributed by atoms with E-state index in [4.69, 9.17) is 5.73 Å². The summed E-state index contributed by atoms with van der Waals surface area (Å²) < 4.78 is 0. The highest BCUT2D eigenvalue weighted by Crippen LogP contribution is 2.21. The van der Waals surface area contributed by atoms with Gasteiger partial charge in [0.25, 0.3) is 0 Å². The number of carbonyl (C=O) groups is 3. The molecule has 1 heterocycles. The van der Waals surface area contributed by atoms with Crippen LogP contribution in [0.4, 0.5) is 0 Å². The summed E-state index contributed by atoms with van der Waals surface area (Å²) in [4.78, 5) is 35.3. The minimum Gasteiger partial charge on any atom is -0.379 e. The molecule has 8 heteroatoms. The lowest BCUT2D eigenvalue weighted by Gasteiger charge is -2.25. The van der Waals surface area contributed by atoms with Crippen molar-refractivity contribution in [1.82, 2.24) is 16.0 Å². The van der Waals surface area contributed by atoms with Gasteiger partial charge in [0.1, 0.15) is 6.23 Å². The molecular formula is C21H32N4O4. The summed E-state index contributed by atoms with van der Waals surface area (Å²) in [6.07, 6.45) is 3.43. The maximum absolute atomic E-state index is 11.9. The predicted octanol–water partition coefficient (Wildman–Crippen LogP) is 0.194. The van der Waals surface area contributed by atoms with Crippen LogP contribution < -0.4 is 21.7 Å². The number of nitrogens with one attached hydrogen (secondary N) is 3. The number of rotatable bonds is 7. The minimum absolute atomic E-state index is 0.00649. The number of aliphatic hydroxyl groups excluding tert-OH is 1. The van der Waals surface area contributed by atoms with E-state index in [1.165, 1.54) is 0 Å². The zero-order valence-corrected chi connectivity index (χ0v) is 16.7. The Kier molecular flexibility index (Phi) is 9.59. The van der Waals surface area contributed by atoms with Crippen molar-refractivity contribution < 1.29 is 19.5 Å². The summed E-state index contributed by atoms with van der Waals surface area (Å²) >= 11 is 0. The molecule has 1 aromatic carbocycles. The topological polar surface area (TPSA) is 134 Å². The SMILES string of the molecule is NC(=O)[C@@H](Cc1ccccc1)NC(O)CC1CCCCNC(=O)CNC(=O)CC1. The zero-order valence-electron chi connectivity index (χ0n) is 16.7. The minimum atomic E-state index is -0.892. The molecule has 3 atom stereocenters. The van der Waals surface area contributed by atoms with Crippen LogP contribution in [0.3, 0.4) is 0 Å². The number of aliphatic hydroxyl groups is 1. The average Bonchev–Trinajstić information content (AvgIpc) is 2.69. The standard InChI is InChI=1S/C21H32N4O4/c22-21(29)17(12-15-6-2-1-3-7-15)25-19(27)13-16-8-4-5-11-23-20(28)14-24-18(26)10-9-16/h1-3,6-7,16-17,19,25,27H,4-5,8-14H2,(H2,22,29)(H,23,28)(H,24,26)/t16?,17-,19?/m1/s1. The summed E-state index contributed by atoms with van der Waals surface area (Å²) in [5, 5.41) is 18.8. The van der Waals surface area contributed by atoms with Crippen molar-refractivity contribution in [2.75, 3.05) is 13.1 Å².